The van der Waals surface area contributed by atoms with E-state index in [0.29, 0.717) is 5.92 Å². The van der Waals surface area contributed by atoms with Crippen molar-refractivity contribution in [3.8, 4) is 0 Å². The van der Waals surface area contributed by atoms with Crippen LogP contribution in [0.2, 0.25) is 0 Å². The van der Waals surface area contributed by atoms with E-state index in [2.05, 4.69) is 42.7 Å². The molecule has 0 saturated heterocycles. The summed E-state index contributed by atoms with van der Waals surface area (Å²) < 4.78 is 0. The Morgan fingerprint density at radius 3 is 2.32 bits per heavy atom. The molecule has 110 valence electrons. The first kappa shape index (κ1) is 16.4. The van der Waals surface area contributed by atoms with Crippen molar-refractivity contribution in [3.05, 3.63) is 23.8 Å². The fraction of sp³-hybridized carbons (Fsp3) is 0.733. The van der Waals surface area contributed by atoms with Crippen LogP contribution in [0.15, 0.2) is 23.8 Å². The highest BCUT2D eigenvalue weighted by Crippen LogP contribution is 2.18. The number of rotatable bonds is 10. The number of aliphatic hydroxyl groups excluding tert-OH is 2. The maximum atomic E-state index is 9.17. The van der Waals surface area contributed by atoms with Gasteiger partial charge in [0.2, 0.25) is 0 Å². The minimum atomic E-state index is 0.177. The molecule has 4 heteroatoms. The summed E-state index contributed by atoms with van der Waals surface area (Å²) in [4.78, 5) is 0. The topological polar surface area (TPSA) is 64.5 Å². The number of aliphatic hydroxyl groups is 2. The zero-order valence-corrected chi connectivity index (χ0v) is 12.1. The highest BCUT2D eigenvalue weighted by molar-refractivity contribution is 5.29. The van der Waals surface area contributed by atoms with Crippen molar-refractivity contribution >= 4 is 0 Å². The number of allylic oxidation sites excluding steroid dienone is 2. The number of nitrogens with one attached hydrogen (secondary N) is 2. The van der Waals surface area contributed by atoms with Crippen molar-refractivity contribution in [3.63, 3.8) is 0 Å². The van der Waals surface area contributed by atoms with Gasteiger partial charge in [-0.1, -0.05) is 32.1 Å². The van der Waals surface area contributed by atoms with Crippen molar-refractivity contribution in [2.24, 2.45) is 5.92 Å². The molecular weight excluding hydrogens is 240 g/mol. The van der Waals surface area contributed by atoms with Gasteiger partial charge in [0.1, 0.15) is 0 Å². The van der Waals surface area contributed by atoms with E-state index in [1.807, 2.05) is 0 Å². The average molecular weight is 268 g/mol. The smallest absolute Gasteiger partial charge is 0.0584 e. The monoisotopic (exact) mass is 268 g/mol. The van der Waals surface area contributed by atoms with E-state index in [4.69, 9.17) is 5.11 Å². The molecule has 0 spiro atoms. The van der Waals surface area contributed by atoms with Crippen molar-refractivity contribution in [1.82, 2.24) is 10.6 Å². The molecule has 0 fully saturated rings. The van der Waals surface area contributed by atoms with Gasteiger partial charge in [-0.25, -0.2) is 0 Å². The van der Waals surface area contributed by atoms with Crippen molar-refractivity contribution < 1.29 is 10.2 Å². The molecule has 0 aliphatic heterocycles. The lowest BCUT2D eigenvalue weighted by molar-refractivity contribution is 0.235. The van der Waals surface area contributed by atoms with E-state index < -0.39 is 0 Å². The van der Waals surface area contributed by atoms with Crippen molar-refractivity contribution in [2.45, 2.75) is 38.8 Å². The van der Waals surface area contributed by atoms with Crippen molar-refractivity contribution in [1.29, 1.82) is 0 Å². The number of hydrogen-bond acceptors (Lipinski definition) is 4. The second-order valence-electron chi connectivity index (χ2n) is 5.10. The summed E-state index contributed by atoms with van der Waals surface area (Å²) in [7, 11) is 0. The molecule has 1 aliphatic rings. The molecule has 0 amide bonds. The van der Waals surface area contributed by atoms with Gasteiger partial charge >= 0.3 is 0 Å². The second-order valence-corrected chi connectivity index (χ2v) is 5.10. The first-order chi connectivity index (χ1) is 9.24. The minimum absolute atomic E-state index is 0.177. The zero-order valence-electron chi connectivity index (χ0n) is 12.1. The van der Waals surface area contributed by atoms with Crippen LogP contribution >= 0.6 is 0 Å². The zero-order chi connectivity index (χ0) is 14.1. The molecule has 0 bridgehead atoms. The largest absolute Gasteiger partial charge is 0.395 e. The molecule has 4 N–H and O–H groups in total. The molecule has 0 heterocycles. The summed E-state index contributed by atoms with van der Waals surface area (Å²) in [5.41, 5.74) is 1.34. The standard InChI is InChI=1S/C15H28N2O2/c1-3-14(10-18)16-8-12-6-5-7-13(12)9-17-15(4-2)11-19/h5-7,12,14-19H,3-4,8-11H2,1-2H3/t12?,14-,15-/m0/s1. The molecule has 1 rings (SSSR count). The van der Waals surface area contributed by atoms with Crippen LogP contribution in [0.25, 0.3) is 0 Å². The van der Waals surface area contributed by atoms with Gasteiger partial charge in [-0.2, -0.15) is 0 Å². The fourth-order valence-electron chi connectivity index (χ4n) is 2.18. The van der Waals surface area contributed by atoms with Crippen LogP contribution in [0.1, 0.15) is 26.7 Å². The Labute approximate surface area is 116 Å². The van der Waals surface area contributed by atoms with E-state index in [9.17, 15) is 5.11 Å². The third-order valence-corrected chi connectivity index (χ3v) is 3.78. The van der Waals surface area contributed by atoms with Crippen LogP contribution < -0.4 is 10.6 Å². The van der Waals surface area contributed by atoms with Gasteiger partial charge in [0.25, 0.3) is 0 Å². The van der Waals surface area contributed by atoms with E-state index >= 15 is 0 Å². The van der Waals surface area contributed by atoms with Gasteiger partial charge in [-0.3, -0.25) is 0 Å². The Morgan fingerprint density at radius 2 is 1.74 bits per heavy atom. The Hall–Kier alpha value is -0.680. The SMILES string of the molecule is CC[C@@H](CO)NCC1=CC=CC1CN[C@@H](CC)CO. The highest BCUT2D eigenvalue weighted by atomic mass is 16.3. The minimum Gasteiger partial charge on any atom is -0.395 e. The van der Waals surface area contributed by atoms with E-state index in [-0.39, 0.29) is 25.3 Å². The molecule has 0 radical (unpaired) electrons. The molecule has 0 aromatic carbocycles. The summed E-state index contributed by atoms with van der Waals surface area (Å²) in [6.45, 7) is 6.19. The Bertz CT molecular complexity index is 295. The molecular formula is C15H28N2O2. The summed E-state index contributed by atoms with van der Waals surface area (Å²) in [6, 6.07) is 0.361. The molecule has 19 heavy (non-hydrogen) atoms. The molecule has 1 unspecified atom stereocenters. The van der Waals surface area contributed by atoms with Gasteiger partial charge < -0.3 is 20.8 Å². The number of hydrogen-bond donors (Lipinski definition) is 4. The predicted octanol–water partition coefficient (Wildman–Crippen LogP) is 0.820. The molecule has 3 atom stereocenters. The van der Waals surface area contributed by atoms with Crippen molar-refractivity contribution in [2.75, 3.05) is 26.3 Å². The fourth-order valence-corrected chi connectivity index (χ4v) is 2.18. The Kier molecular flexibility index (Phi) is 7.98. The molecule has 0 saturated carbocycles. The van der Waals surface area contributed by atoms with Crippen LogP contribution in [0.3, 0.4) is 0 Å². The molecule has 1 aliphatic carbocycles. The van der Waals surface area contributed by atoms with E-state index in [0.717, 1.165) is 25.9 Å². The van der Waals surface area contributed by atoms with Gasteiger partial charge in [0.05, 0.1) is 13.2 Å². The van der Waals surface area contributed by atoms with Gasteiger partial charge in [0, 0.05) is 31.1 Å². The lowest BCUT2D eigenvalue weighted by Gasteiger charge is -2.21. The summed E-state index contributed by atoms with van der Waals surface area (Å²) >= 11 is 0. The molecule has 0 aromatic heterocycles. The average Bonchev–Trinajstić information content (AvgIpc) is 2.89. The van der Waals surface area contributed by atoms with E-state index in [1.165, 1.54) is 5.57 Å². The maximum absolute atomic E-state index is 9.17. The molecule has 4 nitrogen and oxygen atoms in total. The van der Waals surface area contributed by atoms with Gasteiger partial charge in [-0.05, 0) is 18.4 Å². The third kappa shape index (κ3) is 5.45. The van der Waals surface area contributed by atoms with Crippen LogP contribution in [0.5, 0.6) is 0 Å². The first-order valence-corrected chi connectivity index (χ1v) is 7.30. The third-order valence-electron chi connectivity index (χ3n) is 3.78. The van der Waals surface area contributed by atoms with Crippen LogP contribution in [0.4, 0.5) is 0 Å². The summed E-state index contributed by atoms with van der Waals surface area (Å²) in [6.07, 6.45) is 8.29. The predicted molar refractivity (Wildman–Crippen MR) is 79.0 cm³/mol. The van der Waals surface area contributed by atoms with Gasteiger partial charge in [-0.15, -0.1) is 0 Å². The van der Waals surface area contributed by atoms with Crippen LogP contribution in [0, 0.1) is 5.92 Å². The quantitative estimate of drug-likeness (QED) is 0.474. The lowest BCUT2D eigenvalue weighted by atomic mass is 10.0. The Balaban J connectivity index is 2.34. The normalized spacial score (nSPS) is 21.5. The highest BCUT2D eigenvalue weighted by Gasteiger charge is 2.16. The van der Waals surface area contributed by atoms with E-state index in [1.54, 1.807) is 0 Å². The van der Waals surface area contributed by atoms with Crippen LogP contribution in [-0.4, -0.2) is 48.6 Å². The Morgan fingerprint density at radius 1 is 1.11 bits per heavy atom. The lowest BCUT2D eigenvalue weighted by Crippen LogP contribution is -2.38. The van der Waals surface area contributed by atoms with Gasteiger partial charge in [0.15, 0.2) is 0 Å². The first-order valence-electron chi connectivity index (χ1n) is 7.30. The molecule has 0 aromatic rings. The van der Waals surface area contributed by atoms with Crippen LogP contribution in [-0.2, 0) is 0 Å². The second kappa shape index (κ2) is 9.26. The summed E-state index contributed by atoms with van der Waals surface area (Å²) in [5, 5.41) is 25.1. The maximum Gasteiger partial charge on any atom is 0.0584 e. The summed E-state index contributed by atoms with van der Waals surface area (Å²) in [5.74, 6) is 0.393.